The summed E-state index contributed by atoms with van der Waals surface area (Å²) in [5.74, 6) is -0.390. The van der Waals surface area contributed by atoms with Crippen LogP contribution in [0.4, 0.5) is 5.69 Å². The highest BCUT2D eigenvalue weighted by atomic mass is 16.5. The summed E-state index contributed by atoms with van der Waals surface area (Å²) in [6.07, 6.45) is 3.72. The molecule has 2 rings (SSSR count). The topological polar surface area (TPSA) is 52.3 Å². The van der Waals surface area contributed by atoms with Gasteiger partial charge in [-0.3, -0.25) is 0 Å². The van der Waals surface area contributed by atoms with E-state index in [1.165, 1.54) is 0 Å². The minimum atomic E-state index is -0.390. The number of anilines is 1. The molecule has 20 heavy (non-hydrogen) atoms. The Morgan fingerprint density at radius 1 is 1.15 bits per heavy atom. The fraction of sp³-hybridized carbons (Fsp3) is 0.118. The quantitative estimate of drug-likeness (QED) is 0.682. The number of benzene rings is 2. The molecule has 0 aliphatic heterocycles. The van der Waals surface area contributed by atoms with Crippen LogP contribution < -0.4 is 5.73 Å². The lowest BCUT2D eigenvalue weighted by Gasteiger charge is -2.07. The highest BCUT2D eigenvalue weighted by Gasteiger charge is 2.12. The number of carbonyl (C=O) groups is 1. The van der Waals surface area contributed by atoms with Gasteiger partial charge < -0.3 is 10.5 Å². The van der Waals surface area contributed by atoms with Gasteiger partial charge in [0, 0.05) is 5.69 Å². The van der Waals surface area contributed by atoms with Gasteiger partial charge in [-0.25, -0.2) is 4.79 Å². The molecule has 0 bridgehead atoms. The highest BCUT2D eigenvalue weighted by molar-refractivity contribution is 5.96. The van der Waals surface area contributed by atoms with Crippen LogP contribution in [0.1, 0.15) is 21.5 Å². The first-order valence-corrected chi connectivity index (χ1v) is 6.42. The van der Waals surface area contributed by atoms with E-state index in [-0.39, 0.29) is 6.61 Å². The third-order valence-corrected chi connectivity index (χ3v) is 2.93. The number of hydrogen-bond acceptors (Lipinski definition) is 3. The van der Waals surface area contributed by atoms with E-state index in [1.807, 2.05) is 61.5 Å². The second kappa shape index (κ2) is 6.57. The van der Waals surface area contributed by atoms with Crippen molar-refractivity contribution in [2.24, 2.45) is 0 Å². The van der Waals surface area contributed by atoms with Gasteiger partial charge in [0.25, 0.3) is 0 Å². The molecule has 0 unspecified atom stereocenters. The van der Waals surface area contributed by atoms with Crippen molar-refractivity contribution < 1.29 is 9.53 Å². The fourth-order valence-corrected chi connectivity index (χ4v) is 1.91. The van der Waals surface area contributed by atoms with Crippen LogP contribution >= 0.6 is 0 Å². The number of ether oxygens (including phenoxy) is 1. The van der Waals surface area contributed by atoms with Crippen molar-refractivity contribution in [1.29, 1.82) is 0 Å². The van der Waals surface area contributed by atoms with Crippen molar-refractivity contribution in [3.8, 4) is 0 Å². The normalized spacial score (nSPS) is 10.7. The Hall–Kier alpha value is -2.55. The molecule has 0 heterocycles. The van der Waals surface area contributed by atoms with E-state index in [0.29, 0.717) is 11.3 Å². The predicted octanol–water partition coefficient (Wildman–Crippen LogP) is 3.45. The molecule has 0 saturated carbocycles. The van der Waals surface area contributed by atoms with Gasteiger partial charge >= 0.3 is 5.97 Å². The van der Waals surface area contributed by atoms with Crippen molar-refractivity contribution in [2.45, 2.75) is 6.92 Å². The van der Waals surface area contributed by atoms with Gasteiger partial charge in [0.1, 0.15) is 6.61 Å². The van der Waals surface area contributed by atoms with E-state index < -0.39 is 5.97 Å². The number of hydrogen-bond donors (Lipinski definition) is 1. The van der Waals surface area contributed by atoms with Crippen LogP contribution in [0.3, 0.4) is 0 Å². The molecular formula is C17H17NO2. The molecule has 0 saturated heterocycles. The van der Waals surface area contributed by atoms with Crippen LogP contribution in [0.5, 0.6) is 0 Å². The minimum absolute atomic E-state index is 0.224. The molecule has 0 amide bonds. The fourth-order valence-electron chi connectivity index (χ4n) is 1.91. The standard InChI is InChI=1S/C17H17NO2/c1-13-7-5-11-15(18)16(13)17(19)20-12-6-10-14-8-3-2-4-9-14/h2-11H,12,18H2,1H3/b10-6+. The van der Waals surface area contributed by atoms with Crippen molar-refractivity contribution in [1.82, 2.24) is 0 Å². The van der Waals surface area contributed by atoms with E-state index >= 15 is 0 Å². The molecule has 2 aromatic carbocycles. The van der Waals surface area contributed by atoms with Gasteiger partial charge in [-0.05, 0) is 30.2 Å². The molecule has 0 fully saturated rings. The SMILES string of the molecule is Cc1cccc(N)c1C(=O)OC/C=C/c1ccccc1. The average Bonchev–Trinajstić information content (AvgIpc) is 2.44. The predicted molar refractivity (Wildman–Crippen MR) is 81.3 cm³/mol. The van der Waals surface area contributed by atoms with Crippen LogP contribution in [-0.4, -0.2) is 12.6 Å². The molecule has 3 nitrogen and oxygen atoms in total. The van der Waals surface area contributed by atoms with E-state index in [0.717, 1.165) is 11.1 Å². The lowest BCUT2D eigenvalue weighted by atomic mass is 10.1. The smallest absolute Gasteiger partial charge is 0.340 e. The molecule has 0 aliphatic rings. The molecule has 0 aromatic heterocycles. The highest BCUT2D eigenvalue weighted by Crippen LogP contribution is 2.17. The van der Waals surface area contributed by atoms with Gasteiger partial charge in [-0.2, -0.15) is 0 Å². The zero-order valence-electron chi connectivity index (χ0n) is 11.4. The van der Waals surface area contributed by atoms with Crippen molar-refractivity contribution >= 4 is 17.7 Å². The number of carbonyl (C=O) groups excluding carboxylic acids is 1. The van der Waals surface area contributed by atoms with Crippen LogP contribution in [0.25, 0.3) is 6.08 Å². The maximum absolute atomic E-state index is 12.0. The summed E-state index contributed by atoms with van der Waals surface area (Å²) < 4.78 is 5.21. The first-order chi connectivity index (χ1) is 9.68. The molecule has 0 radical (unpaired) electrons. The lowest BCUT2D eigenvalue weighted by Crippen LogP contribution is -2.10. The van der Waals surface area contributed by atoms with Gasteiger partial charge in [-0.15, -0.1) is 0 Å². The largest absolute Gasteiger partial charge is 0.458 e. The van der Waals surface area contributed by atoms with Gasteiger partial charge in [0.15, 0.2) is 0 Å². The van der Waals surface area contributed by atoms with E-state index in [4.69, 9.17) is 10.5 Å². The Morgan fingerprint density at radius 3 is 2.60 bits per heavy atom. The summed E-state index contributed by atoms with van der Waals surface area (Å²) in [5, 5.41) is 0. The van der Waals surface area contributed by atoms with Gasteiger partial charge in [0.05, 0.1) is 5.56 Å². The summed E-state index contributed by atoms with van der Waals surface area (Å²) in [6, 6.07) is 15.2. The van der Waals surface area contributed by atoms with Gasteiger partial charge in [0.2, 0.25) is 0 Å². The van der Waals surface area contributed by atoms with Crippen molar-refractivity contribution in [2.75, 3.05) is 12.3 Å². The number of nitrogen functional groups attached to an aromatic ring is 1. The van der Waals surface area contributed by atoms with E-state index in [1.54, 1.807) is 6.07 Å². The van der Waals surface area contributed by atoms with Crippen molar-refractivity contribution in [3.63, 3.8) is 0 Å². The van der Waals surface area contributed by atoms with Crippen molar-refractivity contribution in [3.05, 3.63) is 71.3 Å². The Labute approximate surface area is 118 Å². The molecule has 2 N–H and O–H groups in total. The van der Waals surface area contributed by atoms with Gasteiger partial charge in [-0.1, -0.05) is 48.5 Å². The third-order valence-electron chi connectivity index (χ3n) is 2.93. The first-order valence-electron chi connectivity index (χ1n) is 6.42. The molecule has 0 spiro atoms. The maximum Gasteiger partial charge on any atom is 0.340 e. The summed E-state index contributed by atoms with van der Waals surface area (Å²) in [5.41, 5.74) is 8.58. The number of aryl methyl sites for hydroxylation is 1. The van der Waals surface area contributed by atoms with E-state index in [9.17, 15) is 4.79 Å². The summed E-state index contributed by atoms with van der Waals surface area (Å²) in [7, 11) is 0. The van der Waals surface area contributed by atoms with Crippen LogP contribution in [0, 0.1) is 6.92 Å². The summed E-state index contributed by atoms with van der Waals surface area (Å²) in [6.45, 7) is 2.06. The molecule has 3 heteroatoms. The Morgan fingerprint density at radius 2 is 1.90 bits per heavy atom. The Bertz CT molecular complexity index is 598. The average molecular weight is 267 g/mol. The molecule has 2 aromatic rings. The second-order valence-electron chi connectivity index (χ2n) is 4.45. The molecule has 0 aliphatic carbocycles. The Balaban J connectivity index is 1.95. The van der Waals surface area contributed by atoms with Crippen LogP contribution in [0.2, 0.25) is 0 Å². The molecule has 102 valence electrons. The lowest BCUT2D eigenvalue weighted by molar-refractivity contribution is 0.0550. The van der Waals surface area contributed by atoms with E-state index in [2.05, 4.69) is 0 Å². The molecular weight excluding hydrogens is 250 g/mol. The Kier molecular flexibility index (Phi) is 4.56. The zero-order valence-corrected chi connectivity index (χ0v) is 11.4. The number of rotatable bonds is 4. The summed E-state index contributed by atoms with van der Waals surface area (Å²) >= 11 is 0. The summed E-state index contributed by atoms with van der Waals surface area (Å²) in [4.78, 5) is 12.0. The number of nitrogens with two attached hydrogens (primary N) is 1. The first kappa shape index (κ1) is 13.9. The van der Waals surface area contributed by atoms with Crippen LogP contribution in [0.15, 0.2) is 54.6 Å². The third kappa shape index (κ3) is 3.48. The number of esters is 1. The second-order valence-corrected chi connectivity index (χ2v) is 4.45. The maximum atomic E-state index is 12.0. The minimum Gasteiger partial charge on any atom is -0.458 e. The van der Waals surface area contributed by atoms with Crippen LogP contribution in [-0.2, 0) is 4.74 Å². The monoisotopic (exact) mass is 267 g/mol. The molecule has 0 atom stereocenters. The zero-order chi connectivity index (χ0) is 14.4.